The molecule has 0 fully saturated rings. The van der Waals surface area contributed by atoms with E-state index in [-0.39, 0.29) is 5.92 Å². The van der Waals surface area contributed by atoms with Crippen LogP contribution in [-0.2, 0) is 6.42 Å². The fraction of sp³-hybridized carbons (Fsp3) is 0.133. The number of furan rings is 1. The van der Waals surface area contributed by atoms with Gasteiger partial charge in [-0.05, 0) is 64.3 Å². The van der Waals surface area contributed by atoms with Crippen molar-refractivity contribution in [1.29, 1.82) is 0 Å². The molecule has 2 heterocycles. The molecule has 0 N–H and O–H groups in total. The molecule has 0 spiro atoms. The molecule has 3 atom stereocenters. The molecule has 0 saturated carbocycles. The maximum Gasteiger partial charge on any atom is 0.164 e. The zero-order chi connectivity index (χ0) is 32.3. The van der Waals surface area contributed by atoms with Crippen LogP contribution in [0.2, 0.25) is 0 Å². The summed E-state index contributed by atoms with van der Waals surface area (Å²) in [6, 6.07) is 31.9. The third-order valence-electron chi connectivity index (χ3n) is 10.6. The smallest absolute Gasteiger partial charge is 0.164 e. The minimum Gasteiger partial charge on any atom is -0.460 e. The number of fused-ring (bicyclic) bond motifs is 7. The van der Waals surface area contributed by atoms with Crippen LogP contribution in [0.1, 0.15) is 52.9 Å². The summed E-state index contributed by atoms with van der Waals surface area (Å²) in [6.07, 6.45) is 22.8. The zero-order valence-corrected chi connectivity index (χ0v) is 27.0. The quantitative estimate of drug-likeness (QED) is 0.194. The first-order valence-corrected chi connectivity index (χ1v) is 17.3. The van der Waals surface area contributed by atoms with Crippen LogP contribution in [0.4, 0.5) is 0 Å². The largest absolute Gasteiger partial charge is 0.460 e. The summed E-state index contributed by atoms with van der Waals surface area (Å²) in [5, 5.41) is 3.74. The Kier molecular flexibility index (Phi) is 6.54. The predicted octanol–water partition coefficient (Wildman–Crippen LogP) is 10.7. The van der Waals surface area contributed by atoms with Crippen LogP contribution in [0.3, 0.4) is 0 Å². The van der Waals surface area contributed by atoms with Gasteiger partial charge in [-0.15, -0.1) is 0 Å². The molecule has 234 valence electrons. The highest BCUT2D eigenvalue weighted by Crippen LogP contribution is 2.48. The van der Waals surface area contributed by atoms with Crippen LogP contribution in [0.25, 0.3) is 50.4 Å². The minimum atomic E-state index is 0.195. The molecule has 4 aromatic carbocycles. The Bertz CT molecular complexity index is 2490. The lowest BCUT2D eigenvalue weighted by molar-refractivity contribution is 0.411. The summed E-state index contributed by atoms with van der Waals surface area (Å²) in [4.78, 5) is 15.5. The van der Waals surface area contributed by atoms with Gasteiger partial charge in [-0.3, -0.25) is 0 Å². The highest BCUT2D eigenvalue weighted by molar-refractivity contribution is 5.97. The van der Waals surface area contributed by atoms with Gasteiger partial charge in [-0.1, -0.05) is 140 Å². The molecule has 49 heavy (non-hydrogen) atoms. The van der Waals surface area contributed by atoms with Crippen molar-refractivity contribution < 1.29 is 4.42 Å². The van der Waals surface area contributed by atoms with Crippen molar-refractivity contribution in [3.8, 4) is 11.4 Å². The molecule has 4 aliphatic rings. The van der Waals surface area contributed by atoms with Crippen molar-refractivity contribution in [3.63, 3.8) is 0 Å². The van der Waals surface area contributed by atoms with Gasteiger partial charge >= 0.3 is 0 Å². The fourth-order valence-corrected chi connectivity index (χ4v) is 8.16. The lowest BCUT2D eigenvalue weighted by Gasteiger charge is -2.30. The summed E-state index contributed by atoms with van der Waals surface area (Å²) in [6.45, 7) is 0. The summed E-state index contributed by atoms with van der Waals surface area (Å²) >= 11 is 0. The summed E-state index contributed by atoms with van der Waals surface area (Å²) in [5.74, 6) is 3.97. The van der Waals surface area contributed by atoms with Crippen LogP contribution in [-0.4, -0.2) is 15.0 Å². The van der Waals surface area contributed by atoms with E-state index >= 15 is 0 Å². The van der Waals surface area contributed by atoms with E-state index in [4.69, 9.17) is 19.4 Å². The standard InChI is InChI=1S/C45H33N3O/c1-2-12-31(13-3-1)43-46-44(34-23-18-28-10-4-5-14-32(28)26-34)48-45(47-43)38-25-24-36(42-41(38)37-16-8-9-17-40(37)49-42)33-22-21-30-20-19-29-11-6-7-15-35(29)39(30)27-33/h1-23,25,32-33,36H,24,26-27H2. The molecular formula is C45H33N3O. The van der Waals surface area contributed by atoms with Gasteiger partial charge in [0.15, 0.2) is 17.5 Å². The molecule has 4 heteroatoms. The van der Waals surface area contributed by atoms with E-state index in [2.05, 4.69) is 127 Å². The fourth-order valence-electron chi connectivity index (χ4n) is 8.16. The Hall–Kier alpha value is -5.87. The second-order valence-electron chi connectivity index (χ2n) is 13.5. The number of hydrogen-bond acceptors (Lipinski definition) is 4. The molecule has 6 aromatic rings. The maximum absolute atomic E-state index is 6.83. The lowest BCUT2D eigenvalue weighted by atomic mass is 9.74. The van der Waals surface area contributed by atoms with E-state index in [1.54, 1.807) is 0 Å². The van der Waals surface area contributed by atoms with E-state index in [1.165, 1.54) is 27.5 Å². The van der Waals surface area contributed by atoms with E-state index in [9.17, 15) is 0 Å². The summed E-state index contributed by atoms with van der Waals surface area (Å²) < 4.78 is 6.83. The van der Waals surface area contributed by atoms with Gasteiger partial charge in [0, 0.05) is 33.9 Å². The molecule has 2 aromatic heterocycles. The van der Waals surface area contributed by atoms with Crippen molar-refractivity contribution in [2.75, 3.05) is 0 Å². The molecule has 4 aliphatic carbocycles. The zero-order valence-electron chi connectivity index (χ0n) is 27.0. The van der Waals surface area contributed by atoms with Crippen LogP contribution in [0.15, 0.2) is 150 Å². The van der Waals surface area contributed by atoms with Gasteiger partial charge in [-0.2, -0.15) is 0 Å². The molecule has 0 aliphatic heterocycles. The van der Waals surface area contributed by atoms with Crippen LogP contribution >= 0.6 is 0 Å². The first-order valence-electron chi connectivity index (χ1n) is 17.3. The number of hydrogen-bond donors (Lipinski definition) is 0. The van der Waals surface area contributed by atoms with Crippen LogP contribution < -0.4 is 0 Å². The highest BCUT2D eigenvalue weighted by atomic mass is 16.3. The van der Waals surface area contributed by atoms with Gasteiger partial charge in [0.05, 0.1) is 0 Å². The van der Waals surface area contributed by atoms with Gasteiger partial charge in [-0.25, -0.2) is 15.0 Å². The molecule has 0 bridgehead atoms. The topological polar surface area (TPSA) is 51.8 Å². The Morgan fingerprint density at radius 2 is 1.47 bits per heavy atom. The molecule has 0 saturated heterocycles. The monoisotopic (exact) mass is 631 g/mol. The third kappa shape index (κ3) is 4.78. The van der Waals surface area contributed by atoms with E-state index in [0.29, 0.717) is 23.5 Å². The molecule has 0 amide bonds. The second-order valence-corrected chi connectivity index (χ2v) is 13.5. The molecule has 0 radical (unpaired) electrons. The normalized spacial score (nSPS) is 20.7. The first kappa shape index (κ1) is 28.2. The van der Waals surface area contributed by atoms with E-state index in [1.807, 2.05) is 18.2 Å². The number of para-hydroxylation sites is 1. The number of aromatic nitrogens is 3. The molecule has 10 rings (SSSR count). The maximum atomic E-state index is 6.83. The van der Waals surface area contributed by atoms with Gasteiger partial charge in [0.2, 0.25) is 0 Å². The average molecular weight is 632 g/mol. The number of rotatable bonds is 4. The Morgan fingerprint density at radius 1 is 0.653 bits per heavy atom. The van der Waals surface area contributed by atoms with Gasteiger partial charge in [0.25, 0.3) is 0 Å². The first-order chi connectivity index (χ1) is 24.3. The Balaban J connectivity index is 1.10. The SMILES string of the molecule is C1=CC2=CC=C(c3nc(C4=CCC(C5C=Cc6ccc7ccccc7c6C5)c5oc6ccccc6c54)nc(-c4ccccc4)n3)CC2C=C1. The average Bonchev–Trinajstić information content (AvgIpc) is 3.57. The Morgan fingerprint density at radius 3 is 2.41 bits per heavy atom. The van der Waals surface area contributed by atoms with Gasteiger partial charge in [0.1, 0.15) is 11.3 Å². The van der Waals surface area contributed by atoms with Crippen LogP contribution in [0.5, 0.6) is 0 Å². The third-order valence-corrected chi connectivity index (χ3v) is 10.6. The van der Waals surface area contributed by atoms with Crippen molar-refractivity contribution in [2.45, 2.75) is 25.2 Å². The summed E-state index contributed by atoms with van der Waals surface area (Å²) in [5.41, 5.74) is 9.20. The van der Waals surface area contributed by atoms with E-state index in [0.717, 1.165) is 64.1 Å². The van der Waals surface area contributed by atoms with Gasteiger partial charge < -0.3 is 4.42 Å². The van der Waals surface area contributed by atoms with E-state index < -0.39 is 0 Å². The van der Waals surface area contributed by atoms with Crippen molar-refractivity contribution in [2.24, 2.45) is 11.8 Å². The number of nitrogens with zero attached hydrogens (tertiary/aromatic N) is 3. The second kappa shape index (κ2) is 11.4. The minimum absolute atomic E-state index is 0.195. The van der Waals surface area contributed by atoms with Crippen LogP contribution in [0, 0.1) is 11.8 Å². The summed E-state index contributed by atoms with van der Waals surface area (Å²) in [7, 11) is 0. The highest BCUT2D eigenvalue weighted by Gasteiger charge is 2.35. The molecular weight excluding hydrogens is 599 g/mol. The van der Waals surface area contributed by atoms with Crippen molar-refractivity contribution in [3.05, 3.63) is 179 Å². The van der Waals surface area contributed by atoms with Crippen molar-refractivity contribution >= 4 is 39.0 Å². The molecule has 4 nitrogen and oxygen atoms in total. The Labute approximate surface area is 285 Å². The molecule has 3 unspecified atom stereocenters. The lowest BCUT2D eigenvalue weighted by Crippen LogP contribution is -2.20. The number of allylic oxidation sites excluding steroid dienone is 10. The number of benzene rings is 4. The van der Waals surface area contributed by atoms with Crippen molar-refractivity contribution in [1.82, 2.24) is 15.0 Å². The predicted molar refractivity (Wildman–Crippen MR) is 199 cm³/mol.